The SMILES string of the molecule is CCOC(=O)[C@]12CCCN(Cc3ccc(C)o3)C[C@H]1CN(c1ncccn1)C2.O=C(O)C(F)(F)F.O=C(O)C(F)(F)F. The number of furan rings is 1. The minimum absolute atomic E-state index is 0.0749. The molecule has 11 nitrogen and oxygen atoms in total. The molecule has 2 aliphatic rings. The summed E-state index contributed by atoms with van der Waals surface area (Å²) in [7, 11) is 0. The van der Waals surface area contributed by atoms with Crippen LogP contribution in [0.25, 0.3) is 0 Å². The highest BCUT2D eigenvalue weighted by Crippen LogP contribution is 2.44. The molecule has 2 aromatic heterocycles. The van der Waals surface area contributed by atoms with E-state index in [4.69, 9.17) is 29.0 Å². The van der Waals surface area contributed by atoms with Crippen LogP contribution in [0.4, 0.5) is 32.3 Å². The molecule has 17 heteroatoms. The Balaban J connectivity index is 0.000000367. The van der Waals surface area contributed by atoms with Gasteiger partial charge in [0.2, 0.25) is 5.95 Å². The second kappa shape index (κ2) is 14.3. The van der Waals surface area contributed by atoms with Crippen molar-refractivity contribution in [3.8, 4) is 0 Å². The van der Waals surface area contributed by atoms with Crippen LogP contribution in [0.2, 0.25) is 0 Å². The predicted octanol–water partition coefficient (Wildman–Crippen LogP) is 3.93. The van der Waals surface area contributed by atoms with Crippen molar-refractivity contribution in [1.82, 2.24) is 14.9 Å². The molecule has 2 atom stereocenters. The van der Waals surface area contributed by atoms with Gasteiger partial charge in [-0.2, -0.15) is 26.3 Å². The van der Waals surface area contributed by atoms with Crippen LogP contribution in [0, 0.1) is 18.3 Å². The van der Waals surface area contributed by atoms with Crippen molar-refractivity contribution in [2.75, 3.05) is 37.7 Å². The highest BCUT2D eigenvalue weighted by atomic mass is 19.4. The number of carboxylic acid groups (broad SMARTS) is 2. The van der Waals surface area contributed by atoms with Gasteiger partial charge >= 0.3 is 30.3 Å². The number of hydrogen-bond acceptors (Lipinski definition) is 9. The molecule has 4 rings (SSSR count). The van der Waals surface area contributed by atoms with Crippen molar-refractivity contribution in [1.29, 1.82) is 0 Å². The highest BCUT2D eigenvalue weighted by molar-refractivity contribution is 5.79. The van der Waals surface area contributed by atoms with Crippen LogP contribution in [-0.2, 0) is 25.7 Å². The number of hydrogen-bond donors (Lipinski definition) is 2. The largest absolute Gasteiger partial charge is 0.490 e. The van der Waals surface area contributed by atoms with E-state index in [2.05, 4.69) is 19.8 Å². The van der Waals surface area contributed by atoms with Crippen LogP contribution in [0.3, 0.4) is 0 Å². The summed E-state index contributed by atoms with van der Waals surface area (Å²) in [5.74, 6) is -2.82. The fraction of sp³-hybridized carbons (Fsp3) is 0.560. The molecule has 0 unspecified atom stereocenters. The maximum atomic E-state index is 13.1. The maximum Gasteiger partial charge on any atom is 0.490 e. The van der Waals surface area contributed by atoms with Crippen LogP contribution in [-0.4, -0.2) is 88.1 Å². The number of carboxylic acids is 2. The number of alkyl halides is 6. The smallest absolute Gasteiger partial charge is 0.475 e. The fourth-order valence-electron chi connectivity index (χ4n) is 4.66. The average Bonchev–Trinajstić information content (AvgIpc) is 3.43. The van der Waals surface area contributed by atoms with Gasteiger partial charge in [-0.05, 0) is 51.4 Å². The number of aliphatic carboxylic acids is 2. The Kier molecular flexibility index (Phi) is 11.7. The van der Waals surface area contributed by atoms with Gasteiger partial charge in [-0.3, -0.25) is 9.69 Å². The van der Waals surface area contributed by atoms with E-state index in [0.29, 0.717) is 19.1 Å². The van der Waals surface area contributed by atoms with Gasteiger partial charge in [0.05, 0.1) is 18.6 Å². The predicted molar refractivity (Wildman–Crippen MR) is 132 cm³/mol. The zero-order valence-electron chi connectivity index (χ0n) is 22.6. The minimum atomic E-state index is -5.08. The number of likely N-dealkylation sites (tertiary alicyclic amines) is 1. The van der Waals surface area contributed by atoms with E-state index in [-0.39, 0.29) is 11.9 Å². The third kappa shape index (κ3) is 9.60. The van der Waals surface area contributed by atoms with Crippen LogP contribution < -0.4 is 4.90 Å². The van der Waals surface area contributed by atoms with Gasteiger partial charge < -0.3 is 24.3 Å². The molecule has 2 fully saturated rings. The summed E-state index contributed by atoms with van der Waals surface area (Å²) in [5.41, 5.74) is -0.497. The Hall–Kier alpha value is -3.89. The van der Waals surface area contributed by atoms with E-state index >= 15 is 0 Å². The molecular formula is C25H30F6N4O7. The summed E-state index contributed by atoms with van der Waals surface area (Å²) in [5, 5.41) is 14.2. The number of aryl methyl sites for hydroxylation is 1. The maximum absolute atomic E-state index is 13.1. The molecule has 0 aromatic carbocycles. The highest BCUT2D eigenvalue weighted by Gasteiger charge is 2.54. The van der Waals surface area contributed by atoms with Gasteiger partial charge in [0.15, 0.2) is 0 Å². The molecular weight excluding hydrogens is 582 g/mol. The number of carbonyl (C=O) groups is 3. The number of fused-ring (bicyclic) bond motifs is 1. The zero-order valence-corrected chi connectivity index (χ0v) is 22.6. The fourth-order valence-corrected chi connectivity index (χ4v) is 4.66. The molecule has 42 heavy (non-hydrogen) atoms. The minimum Gasteiger partial charge on any atom is -0.475 e. The number of nitrogens with zero attached hydrogens (tertiary/aromatic N) is 4. The molecule has 0 spiro atoms. The van der Waals surface area contributed by atoms with Crippen molar-refractivity contribution in [3.05, 3.63) is 42.1 Å². The second-order valence-electron chi connectivity index (χ2n) is 9.46. The Morgan fingerprint density at radius 3 is 2.10 bits per heavy atom. The monoisotopic (exact) mass is 612 g/mol. The molecule has 0 bridgehead atoms. The lowest BCUT2D eigenvalue weighted by atomic mass is 9.75. The Bertz CT molecular complexity index is 1170. The van der Waals surface area contributed by atoms with E-state index in [1.54, 1.807) is 12.4 Å². The van der Waals surface area contributed by atoms with Crippen LogP contribution in [0.5, 0.6) is 0 Å². The Labute approximate surface area is 236 Å². The van der Waals surface area contributed by atoms with Gasteiger partial charge in [0, 0.05) is 37.9 Å². The molecule has 0 amide bonds. The van der Waals surface area contributed by atoms with E-state index in [1.807, 2.05) is 32.0 Å². The molecule has 2 N–H and O–H groups in total. The van der Waals surface area contributed by atoms with Gasteiger partial charge in [-0.25, -0.2) is 19.6 Å². The van der Waals surface area contributed by atoms with Crippen LogP contribution in [0.1, 0.15) is 31.3 Å². The summed E-state index contributed by atoms with van der Waals surface area (Å²) in [6.07, 6.45) is -4.88. The first-order valence-electron chi connectivity index (χ1n) is 12.6. The summed E-state index contributed by atoms with van der Waals surface area (Å²) >= 11 is 0. The third-order valence-electron chi connectivity index (χ3n) is 6.45. The lowest BCUT2D eigenvalue weighted by Gasteiger charge is -2.31. The van der Waals surface area contributed by atoms with E-state index in [1.165, 1.54) is 0 Å². The summed E-state index contributed by atoms with van der Waals surface area (Å²) < 4.78 is 74.8. The quantitative estimate of drug-likeness (QED) is 0.374. The summed E-state index contributed by atoms with van der Waals surface area (Å²) in [6, 6.07) is 5.85. The molecule has 0 radical (unpaired) electrons. The summed E-state index contributed by atoms with van der Waals surface area (Å²) in [4.78, 5) is 44.2. The van der Waals surface area contributed by atoms with Crippen LogP contribution in [0.15, 0.2) is 35.0 Å². The van der Waals surface area contributed by atoms with Crippen molar-refractivity contribution >= 4 is 23.9 Å². The first-order chi connectivity index (χ1) is 19.5. The molecule has 0 aliphatic carbocycles. The first-order valence-corrected chi connectivity index (χ1v) is 12.6. The molecule has 2 aliphatic heterocycles. The first kappa shape index (κ1) is 34.3. The van der Waals surface area contributed by atoms with Crippen LogP contribution >= 0.6 is 0 Å². The van der Waals surface area contributed by atoms with E-state index in [9.17, 15) is 31.1 Å². The molecule has 4 heterocycles. The van der Waals surface area contributed by atoms with Gasteiger partial charge in [-0.1, -0.05) is 0 Å². The van der Waals surface area contributed by atoms with Crippen molar-refractivity contribution in [2.45, 2.75) is 45.6 Å². The summed E-state index contributed by atoms with van der Waals surface area (Å²) in [6.45, 7) is 8.19. The molecule has 0 saturated carbocycles. The number of esters is 1. The Morgan fingerprint density at radius 1 is 1.05 bits per heavy atom. The number of aromatic nitrogens is 2. The van der Waals surface area contributed by atoms with Crippen molar-refractivity contribution < 1.29 is 60.1 Å². The molecule has 2 aromatic rings. The number of ether oxygens (including phenoxy) is 1. The standard InChI is InChI=1S/C21H28N4O3.2C2HF3O2/c1-3-27-19(26)21-8-4-11-24(14-18-7-6-16(2)28-18)12-17(21)13-25(15-21)20-22-9-5-10-23-20;2*3-2(4,5)1(6)7/h5-7,9-10,17H,3-4,8,11-15H2,1-2H3;2*(H,6,7)/t17-,21-;;/m0../s1. The van der Waals surface area contributed by atoms with Crippen molar-refractivity contribution in [2.24, 2.45) is 11.3 Å². The van der Waals surface area contributed by atoms with Crippen molar-refractivity contribution in [3.63, 3.8) is 0 Å². The topological polar surface area (TPSA) is 146 Å². The number of carbonyl (C=O) groups excluding carboxylic acids is 1. The second-order valence-corrected chi connectivity index (χ2v) is 9.46. The van der Waals surface area contributed by atoms with Gasteiger partial charge in [0.25, 0.3) is 0 Å². The van der Waals surface area contributed by atoms with Gasteiger partial charge in [0.1, 0.15) is 11.5 Å². The normalized spacial score (nSPS) is 20.7. The third-order valence-corrected chi connectivity index (χ3v) is 6.45. The lowest BCUT2D eigenvalue weighted by molar-refractivity contribution is -0.193. The Morgan fingerprint density at radius 2 is 1.62 bits per heavy atom. The van der Waals surface area contributed by atoms with E-state index < -0.39 is 29.7 Å². The molecule has 2 saturated heterocycles. The van der Waals surface area contributed by atoms with Gasteiger partial charge in [-0.15, -0.1) is 0 Å². The average molecular weight is 613 g/mol. The zero-order chi connectivity index (χ0) is 31.7. The number of halogens is 6. The number of rotatable bonds is 5. The lowest BCUT2D eigenvalue weighted by Crippen LogP contribution is -2.42. The number of anilines is 1. The molecule has 234 valence electrons. The van der Waals surface area contributed by atoms with E-state index in [0.717, 1.165) is 50.5 Å².